The van der Waals surface area contributed by atoms with Crippen molar-refractivity contribution in [1.29, 1.82) is 0 Å². The van der Waals surface area contributed by atoms with Crippen molar-refractivity contribution in [1.82, 2.24) is 19.9 Å². The quantitative estimate of drug-likeness (QED) is 0.658. The van der Waals surface area contributed by atoms with E-state index >= 15 is 0 Å². The molecule has 0 bridgehead atoms. The molecule has 0 radical (unpaired) electrons. The molecule has 6 heteroatoms. The van der Waals surface area contributed by atoms with E-state index in [0.29, 0.717) is 24.4 Å². The Labute approximate surface area is 153 Å². The SMILES string of the molecule is Nc1ncnc2c1c(-c1ccccc1)cn2C1CCCC(NCCO)C1. The zero-order chi connectivity index (χ0) is 17.9. The molecule has 3 aromatic rings. The van der Waals surface area contributed by atoms with Crippen LogP contribution in [-0.4, -0.2) is 38.8 Å². The van der Waals surface area contributed by atoms with Crippen molar-refractivity contribution < 1.29 is 5.11 Å². The third-order valence-electron chi connectivity index (χ3n) is 5.31. The number of nitrogens with two attached hydrogens (primary N) is 1. The van der Waals surface area contributed by atoms with Crippen LogP contribution in [0.15, 0.2) is 42.9 Å². The smallest absolute Gasteiger partial charge is 0.146 e. The van der Waals surface area contributed by atoms with Gasteiger partial charge >= 0.3 is 0 Å². The second kappa shape index (κ2) is 7.43. The first-order chi connectivity index (χ1) is 12.8. The van der Waals surface area contributed by atoms with Crippen LogP contribution in [0.4, 0.5) is 5.82 Å². The van der Waals surface area contributed by atoms with E-state index in [0.717, 1.165) is 47.8 Å². The molecule has 1 aliphatic carbocycles. The number of aliphatic hydroxyl groups is 1. The van der Waals surface area contributed by atoms with Gasteiger partial charge in [-0.1, -0.05) is 30.3 Å². The number of hydrogen-bond donors (Lipinski definition) is 3. The molecule has 26 heavy (non-hydrogen) atoms. The zero-order valence-electron chi connectivity index (χ0n) is 14.8. The third kappa shape index (κ3) is 3.18. The lowest BCUT2D eigenvalue weighted by molar-refractivity contribution is 0.250. The number of nitrogen functional groups attached to an aromatic ring is 1. The summed E-state index contributed by atoms with van der Waals surface area (Å²) in [5.74, 6) is 0.526. The molecular weight excluding hydrogens is 326 g/mol. The predicted octanol–water partition coefficient (Wildman–Crippen LogP) is 2.75. The number of nitrogens with one attached hydrogen (secondary N) is 1. The highest BCUT2D eigenvalue weighted by Crippen LogP contribution is 2.37. The maximum Gasteiger partial charge on any atom is 0.146 e. The van der Waals surface area contributed by atoms with Gasteiger partial charge in [0.05, 0.1) is 12.0 Å². The Kier molecular flexibility index (Phi) is 4.86. The van der Waals surface area contributed by atoms with Gasteiger partial charge in [-0.05, 0) is 31.2 Å². The monoisotopic (exact) mass is 351 g/mol. The summed E-state index contributed by atoms with van der Waals surface area (Å²) in [5.41, 5.74) is 9.35. The van der Waals surface area contributed by atoms with Crippen LogP contribution in [0.2, 0.25) is 0 Å². The maximum atomic E-state index is 9.08. The van der Waals surface area contributed by atoms with Gasteiger partial charge in [0, 0.05) is 30.4 Å². The number of rotatable bonds is 5. The van der Waals surface area contributed by atoms with Crippen molar-refractivity contribution in [3.05, 3.63) is 42.9 Å². The molecule has 4 rings (SSSR count). The molecule has 136 valence electrons. The summed E-state index contributed by atoms with van der Waals surface area (Å²) in [6.07, 6.45) is 8.20. The van der Waals surface area contributed by atoms with Crippen molar-refractivity contribution in [2.45, 2.75) is 37.8 Å². The highest BCUT2D eigenvalue weighted by molar-refractivity contribution is 6.00. The number of fused-ring (bicyclic) bond motifs is 1. The molecule has 2 aromatic heterocycles. The van der Waals surface area contributed by atoms with Crippen molar-refractivity contribution in [3.63, 3.8) is 0 Å². The molecule has 0 amide bonds. The second-order valence-corrected chi connectivity index (χ2v) is 6.97. The van der Waals surface area contributed by atoms with Crippen LogP contribution in [0, 0.1) is 0 Å². The third-order valence-corrected chi connectivity index (χ3v) is 5.31. The molecule has 0 spiro atoms. The summed E-state index contributed by atoms with van der Waals surface area (Å²) in [7, 11) is 0. The zero-order valence-corrected chi connectivity index (χ0v) is 14.8. The van der Waals surface area contributed by atoms with Crippen LogP contribution < -0.4 is 11.1 Å². The Bertz CT molecular complexity index is 877. The summed E-state index contributed by atoms with van der Waals surface area (Å²) in [6.45, 7) is 0.823. The minimum Gasteiger partial charge on any atom is -0.395 e. The molecule has 6 nitrogen and oxygen atoms in total. The largest absolute Gasteiger partial charge is 0.395 e. The summed E-state index contributed by atoms with van der Waals surface area (Å²) in [6, 6.07) is 11.1. The van der Waals surface area contributed by atoms with E-state index < -0.39 is 0 Å². The molecule has 2 atom stereocenters. The van der Waals surface area contributed by atoms with Gasteiger partial charge in [0.15, 0.2) is 0 Å². The van der Waals surface area contributed by atoms with Gasteiger partial charge in [0.1, 0.15) is 17.8 Å². The number of aromatic nitrogens is 3. The van der Waals surface area contributed by atoms with Gasteiger partial charge in [0.25, 0.3) is 0 Å². The Morgan fingerprint density at radius 2 is 2.04 bits per heavy atom. The van der Waals surface area contributed by atoms with Gasteiger partial charge in [-0.3, -0.25) is 0 Å². The van der Waals surface area contributed by atoms with Crippen molar-refractivity contribution in [2.75, 3.05) is 18.9 Å². The lowest BCUT2D eigenvalue weighted by atomic mass is 9.91. The molecule has 2 unspecified atom stereocenters. The van der Waals surface area contributed by atoms with Crippen LogP contribution in [0.1, 0.15) is 31.7 Å². The molecule has 1 fully saturated rings. The average Bonchev–Trinajstić information content (AvgIpc) is 3.08. The lowest BCUT2D eigenvalue weighted by Gasteiger charge is -2.31. The van der Waals surface area contributed by atoms with E-state index in [9.17, 15) is 0 Å². The molecule has 2 heterocycles. The van der Waals surface area contributed by atoms with E-state index in [1.807, 2.05) is 18.2 Å². The highest BCUT2D eigenvalue weighted by Gasteiger charge is 2.26. The van der Waals surface area contributed by atoms with E-state index in [1.165, 1.54) is 0 Å². The van der Waals surface area contributed by atoms with Gasteiger partial charge < -0.3 is 20.7 Å². The summed E-state index contributed by atoms with van der Waals surface area (Å²) < 4.78 is 2.28. The van der Waals surface area contributed by atoms with Crippen molar-refractivity contribution in [2.24, 2.45) is 0 Å². The molecule has 0 aliphatic heterocycles. The number of benzene rings is 1. The summed E-state index contributed by atoms with van der Waals surface area (Å²) >= 11 is 0. The Balaban J connectivity index is 1.75. The molecule has 0 saturated heterocycles. The first-order valence-corrected chi connectivity index (χ1v) is 9.28. The molecule has 1 aromatic carbocycles. The summed E-state index contributed by atoms with van der Waals surface area (Å²) in [4.78, 5) is 8.78. The lowest BCUT2D eigenvalue weighted by Crippen LogP contribution is -2.36. The molecule has 4 N–H and O–H groups in total. The number of anilines is 1. The van der Waals surface area contributed by atoms with Gasteiger partial charge in [-0.15, -0.1) is 0 Å². The second-order valence-electron chi connectivity index (χ2n) is 6.97. The molecule has 1 saturated carbocycles. The normalized spacial score (nSPS) is 20.5. The standard InChI is InChI=1S/C20H25N5O/c21-19-18-17(14-5-2-1-3-6-14)12-25(20(18)24-13-23-19)16-8-4-7-15(11-16)22-9-10-26/h1-3,5-6,12-13,15-16,22,26H,4,7-11H2,(H2,21,23,24). The summed E-state index contributed by atoms with van der Waals surface area (Å²) in [5, 5.41) is 13.5. The Hall–Kier alpha value is -2.44. The first kappa shape index (κ1) is 17.0. The van der Waals surface area contributed by atoms with E-state index in [4.69, 9.17) is 10.8 Å². The average molecular weight is 351 g/mol. The molecular formula is C20H25N5O. The van der Waals surface area contributed by atoms with Crippen LogP contribution in [0.3, 0.4) is 0 Å². The van der Waals surface area contributed by atoms with E-state index in [1.54, 1.807) is 6.33 Å². The van der Waals surface area contributed by atoms with Gasteiger partial charge in [-0.2, -0.15) is 0 Å². The first-order valence-electron chi connectivity index (χ1n) is 9.28. The number of nitrogens with zero attached hydrogens (tertiary/aromatic N) is 3. The van der Waals surface area contributed by atoms with Crippen molar-refractivity contribution in [3.8, 4) is 11.1 Å². The van der Waals surface area contributed by atoms with E-state index in [2.05, 4.69) is 38.2 Å². The molecule has 1 aliphatic rings. The van der Waals surface area contributed by atoms with Crippen LogP contribution in [0.25, 0.3) is 22.2 Å². The topological polar surface area (TPSA) is 89.0 Å². The highest BCUT2D eigenvalue weighted by atomic mass is 16.3. The fourth-order valence-corrected chi connectivity index (χ4v) is 4.09. The Morgan fingerprint density at radius 3 is 2.85 bits per heavy atom. The Morgan fingerprint density at radius 1 is 1.19 bits per heavy atom. The number of aliphatic hydroxyl groups excluding tert-OH is 1. The van der Waals surface area contributed by atoms with Gasteiger partial charge in [-0.25, -0.2) is 9.97 Å². The van der Waals surface area contributed by atoms with Crippen LogP contribution in [0.5, 0.6) is 0 Å². The van der Waals surface area contributed by atoms with Gasteiger partial charge in [0.2, 0.25) is 0 Å². The fourth-order valence-electron chi connectivity index (χ4n) is 4.09. The van der Waals surface area contributed by atoms with Crippen molar-refractivity contribution >= 4 is 16.9 Å². The fraction of sp³-hybridized carbons (Fsp3) is 0.400. The minimum absolute atomic E-state index is 0.176. The predicted molar refractivity (Wildman–Crippen MR) is 104 cm³/mol. The van der Waals surface area contributed by atoms with E-state index in [-0.39, 0.29) is 6.61 Å². The number of hydrogen-bond acceptors (Lipinski definition) is 5. The minimum atomic E-state index is 0.176. The van der Waals surface area contributed by atoms with Crippen LogP contribution >= 0.6 is 0 Å². The maximum absolute atomic E-state index is 9.08. The van der Waals surface area contributed by atoms with Crippen LogP contribution in [-0.2, 0) is 0 Å².